The molecule has 0 fully saturated rings. The van der Waals surface area contributed by atoms with Crippen LogP contribution in [0.3, 0.4) is 0 Å². The summed E-state index contributed by atoms with van der Waals surface area (Å²) in [6.45, 7) is 0.317. The zero-order valence-electron chi connectivity index (χ0n) is 13.8. The minimum atomic E-state index is -0.398. The van der Waals surface area contributed by atoms with Gasteiger partial charge in [-0.2, -0.15) is 0 Å². The molecule has 25 heavy (non-hydrogen) atoms. The van der Waals surface area contributed by atoms with Crippen LogP contribution in [-0.2, 0) is 6.54 Å². The summed E-state index contributed by atoms with van der Waals surface area (Å²) in [7, 11) is 3.00. The lowest BCUT2D eigenvalue weighted by atomic mass is 10.2. The highest BCUT2D eigenvalue weighted by Gasteiger charge is 2.17. The Balaban J connectivity index is 1.73. The zero-order valence-corrected chi connectivity index (χ0v) is 14.6. The number of hydrogen-bond acceptors (Lipinski definition) is 6. The third kappa shape index (κ3) is 3.77. The molecule has 0 aliphatic rings. The highest BCUT2D eigenvalue weighted by Crippen LogP contribution is 2.24. The number of carbonyl (C=O) groups is 1. The van der Waals surface area contributed by atoms with E-state index < -0.39 is 11.3 Å². The van der Waals surface area contributed by atoms with E-state index in [4.69, 9.17) is 9.15 Å². The summed E-state index contributed by atoms with van der Waals surface area (Å²) in [6, 6.07) is 11.0. The number of rotatable bonds is 5. The second kappa shape index (κ2) is 7.31. The topological polar surface area (TPSA) is 72.6 Å². The van der Waals surface area contributed by atoms with Crippen LogP contribution in [0, 0.1) is 0 Å². The van der Waals surface area contributed by atoms with Gasteiger partial charge in [-0.15, -0.1) is 11.3 Å². The molecule has 0 radical (unpaired) electrons. The van der Waals surface area contributed by atoms with E-state index in [1.807, 2.05) is 35.7 Å². The smallest absolute Gasteiger partial charge is 0.289 e. The third-order valence-electron chi connectivity index (χ3n) is 3.55. The summed E-state index contributed by atoms with van der Waals surface area (Å²) in [4.78, 5) is 30.2. The molecule has 7 heteroatoms. The van der Waals surface area contributed by atoms with Crippen LogP contribution >= 0.6 is 11.3 Å². The molecule has 0 bridgehead atoms. The van der Waals surface area contributed by atoms with E-state index in [1.165, 1.54) is 23.3 Å². The summed E-state index contributed by atoms with van der Waals surface area (Å²) in [5, 5.41) is 2.81. The first-order valence-corrected chi connectivity index (χ1v) is 8.38. The van der Waals surface area contributed by atoms with Gasteiger partial charge in [-0.05, 0) is 0 Å². The number of thiazole rings is 1. The number of amides is 1. The van der Waals surface area contributed by atoms with Crippen molar-refractivity contribution in [3.05, 3.63) is 69.7 Å². The molecule has 0 aliphatic carbocycles. The van der Waals surface area contributed by atoms with Gasteiger partial charge in [0.25, 0.3) is 5.91 Å². The largest absolute Gasteiger partial charge is 0.490 e. The van der Waals surface area contributed by atoms with E-state index in [2.05, 4.69) is 4.98 Å². The molecule has 0 unspecified atom stereocenters. The summed E-state index contributed by atoms with van der Waals surface area (Å²) in [5.74, 6) is -0.368. The van der Waals surface area contributed by atoms with Crippen LogP contribution < -0.4 is 10.2 Å². The molecular formula is C18H16N2O4S. The van der Waals surface area contributed by atoms with Gasteiger partial charge in [-0.1, -0.05) is 30.3 Å². The molecule has 0 saturated carbocycles. The predicted octanol–water partition coefficient (Wildman–Crippen LogP) is 3.04. The van der Waals surface area contributed by atoms with Crippen molar-refractivity contribution in [2.45, 2.75) is 6.54 Å². The molecule has 1 aromatic carbocycles. The molecule has 0 saturated heterocycles. The van der Waals surface area contributed by atoms with Gasteiger partial charge < -0.3 is 14.1 Å². The summed E-state index contributed by atoms with van der Waals surface area (Å²) >= 11 is 1.52. The van der Waals surface area contributed by atoms with E-state index in [-0.39, 0.29) is 11.5 Å². The Morgan fingerprint density at radius 2 is 2.08 bits per heavy atom. The fourth-order valence-corrected chi connectivity index (χ4v) is 3.07. The van der Waals surface area contributed by atoms with Crippen LogP contribution in [0.5, 0.6) is 5.75 Å². The molecule has 1 amide bonds. The van der Waals surface area contributed by atoms with Gasteiger partial charge in [0.2, 0.25) is 11.2 Å². The molecule has 0 N–H and O–H groups in total. The first-order valence-electron chi connectivity index (χ1n) is 7.50. The standard InChI is InChI=1S/C18H16N2O4S/c1-20(18(22)15-8-14(21)16(23-2)10-24-15)9-13-11-25-17(19-13)12-6-4-3-5-7-12/h3-8,10-11H,9H2,1-2H3. The van der Waals surface area contributed by atoms with E-state index in [0.717, 1.165) is 28.6 Å². The van der Waals surface area contributed by atoms with Gasteiger partial charge in [0.15, 0.2) is 5.76 Å². The number of carbonyl (C=O) groups excluding carboxylic acids is 1. The summed E-state index contributed by atoms with van der Waals surface area (Å²) in [5.41, 5.74) is 1.41. The van der Waals surface area contributed by atoms with E-state index >= 15 is 0 Å². The lowest BCUT2D eigenvalue weighted by molar-refractivity contribution is 0.0748. The average molecular weight is 356 g/mol. The number of hydrogen-bond donors (Lipinski definition) is 0. The van der Waals surface area contributed by atoms with Crippen LogP contribution in [0.15, 0.2) is 57.3 Å². The Hall–Kier alpha value is -2.93. The molecule has 3 rings (SSSR count). The molecule has 128 valence electrons. The molecular weight excluding hydrogens is 340 g/mol. The number of aromatic nitrogens is 1. The van der Waals surface area contributed by atoms with Crippen molar-refractivity contribution in [2.24, 2.45) is 0 Å². The number of nitrogens with zero attached hydrogens (tertiary/aromatic N) is 2. The van der Waals surface area contributed by atoms with Gasteiger partial charge in [-0.25, -0.2) is 4.98 Å². The summed E-state index contributed by atoms with van der Waals surface area (Å²) in [6.07, 6.45) is 1.14. The lowest BCUT2D eigenvalue weighted by Crippen LogP contribution is -2.27. The Kier molecular flexibility index (Phi) is 4.95. The molecule has 0 spiro atoms. The fraction of sp³-hybridized carbons (Fsp3) is 0.167. The maximum absolute atomic E-state index is 12.4. The van der Waals surface area contributed by atoms with Crippen molar-refractivity contribution in [1.82, 2.24) is 9.88 Å². The van der Waals surface area contributed by atoms with Gasteiger partial charge >= 0.3 is 0 Å². The minimum Gasteiger partial charge on any atom is -0.490 e. The van der Waals surface area contributed by atoms with Crippen molar-refractivity contribution in [3.63, 3.8) is 0 Å². The third-order valence-corrected chi connectivity index (χ3v) is 4.49. The van der Waals surface area contributed by atoms with Crippen LogP contribution in [0.25, 0.3) is 10.6 Å². The Morgan fingerprint density at radius 1 is 1.32 bits per heavy atom. The molecule has 2 aromatic heterocycles. The molecule has 3 aromatic rings. The van der Waals surface area contributed by atoms with E-state index in [0.29, 0.717) is 6.54 Å². The Morgan fingerprint density at radius 3 is 2.76 bits per heavy atom. The second-order valence-electron chi connectivity index (χ2n) is 5.35. The highest BCUT2D eigenvalue weighted by atomic mass is 32.1. The fourth-order valence-electron chi connectivity index (χ4n) is 2.26. The van der Waals surface area contributed by atoms with Crippen LogP contribution in [0.4, 0.5) is 0 Å². The van der Waals surface area contributed by atoms with Crippen LogP contribution in [-0.4, -0.2) is 29.9 Å². The maximum Gasteiger partial charge on any atom is 0.289 e. The van der Waals surface area contributed by atoms with Crippen LogP contribution in [0.2, 0.25) is 0 Å². The Bertz CT molecular complexity index is 934. The predicted molar refractivity (Wildman–Crippen MR) is 94.9 cm³/mol. The molecule has 2 heterocycles. The van der Waals surface area contributed by atoms with Gasteiger partial charge in [-0.3, -0.25) is 9.59 Å². The first-order chi connectivity index (χ1) is 12.1. The van der Waals surface area contributed by atoms with Gasteiger partial charge in [0.1, 0.15) is 11.3 Å². The monoisotopic (exact) mass is 356 g/mol. The van der Waals surface area contributed by atoms with Crippen molar-refractivity contribution in [1.29, 1.82) is 0 Å². The Labute approximate surface area is 148 Å². The molecule has 6 nitrogen and oxygen atoms in total. The highest BCUT2D eigenvalue weighted by molar-refractivity contribution is 7.13. The van der Waals surface area contributed by atoms with E-state index in [9.17, 15) is 9.59 Å². The first kappa shape index (κ1) is 16.9. The minimum absolute atomic E-state index is 0.0354. The molecule has 0 atom stereocenters. The van der Waals surface area contributed by atoms with Crippen molar-refractivity contribution in [3.8, 4) is 16.3 Å². The van der Waals surface area contributed by atoms with E-state index in [1.54, 1.807) is 7.05 Å². The van der Waals surface area contributed by atoms with Gasteiger partial charge in [0.05, 0.1) is 19.3 Å². The maximum atomic E-state index is 12.4. The van der Waals surface area contributed by atoms with Gasteiger partial charge in [0, 0.05) is 24.1 Å². The van der Waals surface area contributed by atoms with Crippen molar-refractivity contribution < 1.29 is 13.9 Å². The number of ether oxygens (including phenoxy) is 1. The summed E-state index contributed by atoms with van der Waals surface area (Å²) < 4.78 is 10.0. The lowest BCUT2D eigenvalue weighted by Gasteiger charge is -2.14. The van der Waals surface area contributed by atoms with Crippen LogP contribution in [0.1, 0.15) is 16.2 Å². The number of benzene rings is 1. The molecule has 0 aliphatic heterocycles. The quantitative estimate of drug-likeness (QED) is 0.702. The normalized spacial score (nSPS) is 10.5. The zero-order chi connectivity index (χ0) is 17.8. The second-order valence-corrected chi connectivity index (χ2v) is 6.21. The average Bonchev–Trinajstić information content (AvgIpc) is 3.10. The van der Waals surface area contributed by atoms with Crippen molar-refractivity contribution in [2.75, 3.05) is 14.2 Å². The SMILES string of the molecule is COc1coc(C(=O)N(C)Cc2csc(-c3ccccc3)n2)cc1=O. The number of methoxy groups -OCH3 is 1. The van der Waals surface area contributed by atoms with Crippen molar-refractivity contribution >= 4 is 17.2 Å².